The average Bonchev–Trinajstić information content (AvgIpc) is 2.40. The maximum absolute atomic E-state index is 3.74. The summed E-state index contributed by atoms with van der Waals surface area (Å²) in [7, 11) is 0. The lowest BCUT2D eigenvalue weighted by Gasteiger charge is -2.49. The molecule has 0 amide bonds. The van der Waals surface area contributed by atoms with Crippen molar-refractivity contribution in [1.29, 1.82) is 0 Å². The summed E-state index contributed by atoms with van der Waals surface area (Å²) in [5, 5.41) is 3.74. The highest BCUT2D eigenvalue weighted by molar-refractivity contribution is 7.99. The van der Waals surface area contributed by atoms with Crippen LogP contribution in [0.15, 0.2) is 35.2 Å². The molecule has 1 heterocycles. The molecule has 118 valence electrons. The van der Waals surface area contributed by atoms with Gasteiger partial charge in [-0.05, 0) is 31.4 Å². The summed E-state index contributed by atoms with van der Waals surface area (Å²) in [5.74, 6) is 1.16. The number of nitrogens with zero attached hydrogens (tertiary/aromatic N) is 1. The van der Waals surface area contributed by atoms with Crippen LogP contribution in [0.3, 0.4) is 0 Å². The van der Waals surface area contributed by atoms with E-state index in [-0.39, 0.29) is 5.54 Å². The van der Waals surface area contributed by atoms with E-state index >= 15 is 0 Å². The van der Waals surface area contributed by atoms with E-state index in [4.69, 9.17) is 0 Å². The van der Waals surface area contributed by atoms with E-state index in [1.54, 1.807) is 0 Å². The summed E-state index contributed by atoms with van der Waals surface area (Å²) in [4.78, 5) is 4.04. The lowest BCUT2D eigenvalue weighted by Crippen LogP contribution is -2.65. The molecule has 1 aromatic carbocycles. The lowest BCUT2D eigenvalue weighted by molar-refractivity contribution is 0.0414. The summed E-state index contributed by atoms with van der Waals surface area (Å²) < 4.78 is 0. The Kier molecular flexibility index (Phi) is 5.39. The third kappa shape index (κ3) is 4.73. The van der Waals surface area contributed by atoms with E-state index in [1.165, 1.54) is 4.90 Å². The molecule has 1 aliphatic rings. The van der Waals surface area contributed by atoms with Gasteiger partial charge in [-0.3, -0.25) is 4.90 Å². The van der Waals surface area contributed by atoms with Crippen LogP contribution in [0.4, 0.5) is 0 Å². The molecule has 1 saturated heterocycles. The fraction of sp³-hybridized carbons (Fsp3) is 0.667. The molecule has 0 aliphatic carbocycles. The van der Waals surface area contributed by atoms with Crippen molar-refractivity contribution < 1.29 is 0 Å². The zero-order chi connectivity index (χ0) is 15.5. The van der Waals surface area contributed by atoms with E-state index in [1.807, 2.05) is 11.8 Å². The normalized spacial score (nSPS) is 23.2. The topological polar surface area (TPSA) is 15.3 Å². The largest absolute Gasteiger partial charge is 0.310 e. The van der Waals surface area contributed by atoms with Crippen molar-refractivity contribution in [1.82, 2.24) is 10.2 Å². The van der Waals surface area contributed by atoms with Crippen molar-refractivity contribution in [3.8, 4) is 0 Å². The molecule has 0 spiro atoms. The molecule has 1 aliphatic heterocycles. The third-order valence-corrected chi connectivity index (χ3v) is 5.45. The number of rotatable bonds is 4. The first-order valence-corrected chi connectivity index (χ1v) is 8.94. The Bertz CT molecular complexity index is 436. The number of hydrogen-bond donors (Lipinski definition) is 1. The Labute approximate surface area is 134 Å². The minimum absolute atomic E-state index is 0.249. The minimum Gasteiger partial charge on any atom is -0.310 e. The van der Waals surface area contributed by atoms with Crippen molar-refractivity contribution in [2.75, 3.05) is 25.4 Å². The molecule has 0 radical (unpaired) electrons. The third-order valence-electron chi connectivity index (χ3n) is 4.46. The molecule has 0 aromatic heterocycles. The monoisotopic (exact) mass is 306 g/mol. The second-order valence-corrected chi connectivity index (χ2v) is 8.89. The summed E-state index contributed by atoms with van der Waals surface area (Å²) >= 11 is 1.96. The number of thioether (sulfide) groups is 1. The highest BCUT2D eigenvalue weighted by atomic mass is 32.2. The molecular formula is C18H30N2S. The average molecular weight is 307 g/mol. The number of hydrogen-bond acceptors (Lipinski definition) is 3. The van der Waals surface area contributed by atoms with E-state index < -0.39 is 0 Å². The molecule has 1 atom stereocenters. The number of nitrogens with one attached hydrogen (secondary N) is 1. The van der Waals surface area contributed by atoms with Crippen LogP contribution in [0, 0.1) is 5.41 Å². The van der Waals surface area contributed by atoms with Gasteiger partial charge in [-0.2, -0.15) is 0 Å². The van der Waals surface area contributed by atoms with Crippen LogP contribution in [0.2, 0.25) is 0 Å². The molecule has 1 aromatic rings. The summed E-state index contributed by atoms with van der Waals surface area (Å²) in [6, 6.07) is 11.3. The fourth-order valence-electron chi connectivity index (χ4n) is 2.78. The Morgan fingerprint density at radius 2 is 1.90 bits per heavy atom. The van der Waals surface area contributed by atoms with E-state index in [9.17, 15) is 0 Å². The summed E-state index contributed by atoms with van der Waals surface area (Å²) in [6.07, 6.45) is 0. The van der Waals surface area contributed by atoms with Crippen molar-refractivity contribution in [2.24, 2.45) is 5.41 Å². The second-order valence-electron chi connectivity index (χ2n) is 7.72. The van der Waals surface area contributed by atoms with Gasteiger partial charge >= 0.3 is 0 Å². The first kappa shape index (κ1) is 16.9. The molecule has 1 N–H and O–H groups in total. The van der Waals surface area contributed by atoms with E-state index in [2.05, 4.69) is 75.2 Å². The van der Waals surface area contributed by atoms with Crippen LogP contribution < -0.4 is 5.32 Å². The molecule has 0 saturated carbocycles. The predicted molar refractivity (Wildman–Crippen MR) is 94.1 cm³/mol. The smallest absolute Gasteiger partial charge is 0.0278 e. The Balaban J connectivity index is 1.90. The van der Waals surface area contributed by atoms with Crippen LogP contribution >= 0.6 is 11.8 Å². The SMILES string of the molecule is CC(C)(C)C1CN(CCSc2ccccc2)C(C)(C)CN1. The molecule has 2 rings (SSSR count). The van der Waals surface area contributed by atoms with Crippen LogP contribution in [0.25, 0.3) is 0 Å². The van der Waals surface area contributed by atoms with Gasteiger partial charge in [0.2, 0.25) is 0 Å². The van der Waals surface area contributed by atoms with Crippen LogP contribution in [-0.4, -0.2) is 41.9 Å². The van der Waals surface area contributed by atoms with Crippen LogP contribution in [0.1, 0.15) is 34.6 Å². The Morgan fingerprint density at radius 3 is 2.52 bits per heavy atom. The van der Waals surface area contributed by atoms with Crippen LogP contribution in [-0.2, 0) is 0 Å². The number of piperazine rings is 1. The molecule has 2 nitrogen and oxygen atoms in total. The highest BCUT2D eigenvalue weighted by Gasteiger charge is 2.37. The zero-order valence-corrected chi connectivity index (χ0v) is 15.0. The zero-order valence-electron chi connectivity index (χ0n) is 14.1. The van der Waals surface area contributed by atoms with Gasteiger partial charge in [0, 0.05) is 41.9 Å². The summed E-state index contributed by atoms with van der Waals surface area (Å²) in [5.41, 5.74) is 0.570. The van der Waals surface area contributed by atoms with E-state index in [0.717, 1.165) is 25.4 Å². The van der Waals surface area contributed by atoms with Crippen molar-refractivity contribution in [3.63, 3.8) is 0 Å². The van der Waals surface area contributed by atoms with Gasteiger partial charge < -0.3 is 5.32 Å². The standard InChI is InChI=1S/C18H30N2S/c1-17(2,3)16-13-20(18(4,5)14-19-16)11-12-21-15-9-7-6-8-10-15/h6-10,16,19H,11-14H2,1-5H3. The molecular weight excluding hydrogens is 276 g/mol. The maximum Gasteiger partial charge on any atom is 0.0278 e. The summed E-state index contributed by atoms with van der Waals surface area (Å²) in [6.45, 7) is 15.1. The molecule has 1 unspecified atom stereocenters. The predicted octanol–water partition coefficient (Wildman–Crippen LogP) is 3.88. The minimum atomic E-state index is 0.249. The van der Waals surface area contributed by atoms with Crippen molar-refractivity contribution in [3.05, 3.63) is 30.3 Å². The van der Waals surface area contributed by atoms with Gasteiger partial charge in [-0.15, -0.1) is 11.8 Å². The Hall–Kier alpha value is -0.510. The second kappa shape index (κ2) is 6.72. The van der Waals surface area contributed by atoms with Gasteiger partial charge in [-0.1, -0.05) is 39.0 Å². The maximum atomic E-state index is 3.74. The van der Waals surface area contributed by atoms with Crippen LogP contribution in [0.5, 0.6) is 0 Å². The molecule has 1 fully saturated rings. The van der Waals surface area contributed by atoms with Gasteiger partial charge in [0.25, 0.3) is 0 Å². The van der Waals surface area contributed by atoms with Crippen molar-refractivity contribution >= 4 is 11.8 Å². The first-order chi connectivity index (χ1) is 9.79. The van der Waals surface area contributed by atoms with Gasteiger partial charge in [-0.25, -0.2) is 0 Å². The molecule has 21 heavy (non-hydrogen) atoms. The quantitative estimate of drug-likeness (QED) is 0.850. The van der Waals surface area contributed by atoms with Crippen molar-refractivity contribution in [2.45, 2.75) is 51.1 Å². The first-order valence-electron chi connectivity index (χ1n) is 7.95. The lowest BCUT2D eigenvalue weighted by atomic mass is 9.83. The highest BCUT2D eigenvalue weighted by Crippen LogP contribution is 2.28. The fourth-order valence-corrected chi connectivity index (χ4v) is 3.68. The Morgan fingerprint density at radius 1 is 1.24 bits per heavy atom. The molecule has 3 heteroatoms. The van der Waals surface area contributed by atoms with Gasteiger partial charge in [0.15, 0.2) is 0 Å². The number of benzene rings is 1. The molecule has 0 bridgehead atoms. The van der Waals surface area contributed by atoms with Gasteiger partial charge in [0.05, 0.1) is 0 Å². The van der Waals surface area contributed by atoms with Gasteiger partial charge in [0.1, 0.15) is 0 Å². The van der Waals surface area contributed by atoms with E-state index in [0.29, 0.717) is 11.5 Å².